The topological polar surface area (TPSA) is 98.6 Å². The first-order chi connectivity index (χ1) is 7.60. The normalized spacial score (nSPS) is 12.2. The summed E-state index contributed by atoms with van der Waals surface area (Å²) in [5.74, 6) is -0.452. The Morgan fingerprint density at radius 2 is 2.25 bits per heavy atom. The molecule has 5 N–H and O–H groups in total. The Morgan fingerprint density at radius 1 is 1.56 bits per heavy atom. The van der Waals surface area contributed by atoms with Crippen molar-refractivity contribution >= 4 is 11.7 Å². The van der Waals surface area contributed by atoms with Gasteiger partial charge in [-0.15, -0.1) is 0 Å². The van der Waals surface area contributed by atoms with Gasteiger partial charge in [-0.3, -0.25) is 0 Å². The highest BCUT2D eigenvalue weighted by Gasteiger charge is 2.13. The summed E-state index contributed by atoms with van der Waals surface area (Å²) in [5, 5.41) is 9.71. The molecule has 0 radical (unpaired) electrons. The molecule has 1 unspecified atom stereocenters. The van der Waals surface area contributed by atoms with Gasteiger partial charge in [-0.2, -0.15) is 0 Å². The van der Waals surface area contributed by atoms with E-state index in [1.807, 2.05) is 0 Å². The second kappa shape index (κ2) is 5.48. The second-order valence-electron chi connectivity index (χ2n) is 3.43. The Morgan fingerprint density at radius 3 is 2.75 bits per heavy atom. The van der Waals surface area contributed by atoms with Gasteiger partial charge in [0.2, 0.25) is 0 Å². The molecule has 0 heterocycles. The van der Waals surface area contributed by atoms with E-state index in [9.17, 15) is 9.90 Å². The van der Waals surface area contributed by atoms with Crippen molar-refractivity contribution in [2.75, 3.05) is 19.4 Å². The van der Waals surface area contributed by atoms with E-state index in [0.29, 0.717) is 29.8 Å². The van der Waals surface area contributed by atoms with Gasteiger partial charge in [-0.25, -0.2) is 4.79 Å². The van der Waals surface area contributed by atoms with Crippen LogP contribution in [0.15, 0.2) is 18.2 Å². The number of rotatable bonds is 4. The van der Waals surface area contributed by atoms with Crippen molar-refractivity contribution < 1.29 is 14.6 Å². The third-order valence-corrected chi connectivity index (χ3v) is 2.31. The molecule has 1 rings (SSSR count). The molecule has 0 saturated carbocycles. The average Bonchev–Trinajstić information content (AvgIpc) is 2.28. The number of hydrogen-bond donors (Lipinski definition) is 3. The van der Waals surface area contributed by atoms with Crippen LogP contribution in [-0.4, -0.2) is 24.7 Å². The van der Waals surface area contributed by atoms with E-state index in [1.54, 1.807) is 12.1 Å². The average molecular weight is 224 g/mol. The molecule has 1 atom stereocenters. The van der Waals surface area contributed by atoms with E-state index in [1.165, 1.54) is 13.2 Å². The molecule has 0 aliphatic rings. The maximum Gasteiger partial charge on any atom is 0.337 e. The maximum absolute atomic E-state index is 11.2. The molecule has 0 amide bonds. The van der Waals surface area contributed by atoms with Crippen LogP contribution in [0.4, 0.5) is 5.69 Å². The number of carbonyl (C=O) groups excluding carboxylic acids is 1. The summed E-state index contributed by atoms with van der Waals surface area (Å²) in [6, 6.07) is 4.67. The van der Waals surface area contributed by atoms with Crippen LogP contribution in [0.1, 0.15) is 28.4 Å². The first kappa shape index (κ1) is 12.5. The van der Waals surface area contributed by atoms with Crippen LogP contribution >= 0.6 is 0 Å². The van der Waals surface area contributed by atoms with Crippen molar-refractivity contribution in [1.29, 1.82) is 0 Å². The van der Waals surface area contributed by atoms with E-state index < -0.39 is 12.1 Å². The third-order valence-electron chi connectivity index (χ3n) is 2.31. The fourth-order valence-electron chi connectivity index (χ4n) is 1.44. The van der Waals surface area contributed by atoms with Crippen LogP contribution in [0.3, 0.4) is 0 Å². The van der Waals surface area contributed by atoms with Crippen LogP contribution in [0.2, 0.25) is 0 Å². The van der Waals surface area contributed by atoms with E-state index in [4.69, 9.17) is 11.5 Å². The van der Waals surface area contributed by atoms with Crippen molar-refractivity contribution in [1.82, 2.24) is 0 Å². The number of esters is 1. The molecule has 0 bridgehead atoms. The molecule has 88 valence electrons. The van der Waals surface area contributed by atoms with Crippen LogP contribution in [0, 0.1) is 0 Å². The standard InChI is InChI=1S/C11H16N2O3/c1-16-11(15)7-2-3-8(9(13)6-7)10(14)4-5-12/h2-3,6,10,14H,4-5,12-13H2,1H3. The molecule has 5 nitrogen and oxygen atoms in total. The number of nitrogens with two attached hydrogens (primary N) is 2. The summed E-state index contributed by atoms with van der Waals surface area (Å²) in [5.41, 5.74) is 12.4. The fraction of sp³-hybridized carbons (Fsp3) is 0.364. The SMILES string of the molecule is COC(=O)c1ccc(C(O)CCN)c(N)c1. The van der Waals surface area contributed by atoms with Gasteiger partial charge in [0.1, 0.15) is 0 Å². The predicted octanol–water partition coefficient (Wildman–Crippen LogP) is 0.438. The second-order valence-corrected chi connectivity index (χ2v) is 3.43. The number of benzene rings is 1. The largest absolute Gasteiger partial charge is 0.465 e. The highest BCUT2D eigenvalue weighted by Crippen LogP contribution is 2.23. The number of hydrogen-bond acceptors (Lipinski definition) is 5. The number of aliphatic hydroxyl groups excluding tert-OH is 1. The van der Waals surface area contributed by atoms with Gasteiger partial charge in [-0.1, -0.05) is 6.07 Å². The molecule has 0 aliphatic heterocycles. The van der Waals surface area contributed by atoms with Gasteiger partial charge < -0.3 is 21.3 Å². The number of aliphatic hydroxyl groups is 1. The van der Waals surface area contributed by atoms with Crippen molar-refractivity contribution in [3.05, 3.63) is 29.3 Å². The van der Waals surface area contributed by atoms with Crippen molar-refractivity contribution in [2.24, 2.45) is 5.73 Å². The summed E-state index contributed by atoms with van der Waals surface area (Å²) >= 11 is 0. The lowest BCUT2D eigenvalue weighted by atomic mass is 10.0. The molecular weight excluding hydrogens is 208 g/mol. The minimum Gasteiger partial charge on any atom is -0.465 e. The fourth-order valence-corrected chi connectivity index (χ4v) is 1.44. The molecule has 0 fully saturated rings. The van der Waals surface area contributed by atoms with Gasteiger partial charge in [-0.05, 0) is 25.1 Å². The third kappa shape index (κ3) is 2.71. The first-order valence-corrected chi connectivity index (χ1v) is 4.96. The number of carbonyl (C=O) groups is 1. The molecule has 5 heteroatoms. The zero-order chi connectivity index (χ0) is 12.1. The number of anilines is 1. The lowest BCUT2D eigenvalue weighted by Gasteiger charge is -2.13. The number of ether oxygens (including phenoxy) is 1. The Balaban J connectivity index is 2.95. The zero-order valence-corrected chi connectivity index (χ0v) is 9.14. The predicted molar refractivity (Wildman–Crippen MR) is 60.8 cm³/mol. The van der Waals surface area contributed by atoms with E-state index in [2.05, 4.69) is 4.74 Å². The Hall–Kier alpha value is -1.59. The van der Waals surface area contributed by atoms with Gasteiger partial charge in [0.05, 0.1) is 18.8 Å². The summed E-state index contributed by atoms with van der Waals surface area (Å²) in [4.78, 5) is 11.2. The lowest BCUT2D eigenvalue weighted by Crippen LogP contribution is -2.10. The van der Waals surface area contributed by atoms with Crippen LogP contribution in [0.25, 0.3) is 0 Å². The molecule has 0 saturated heterocycles. The summed E-state index contributed by atoms with van der Waals surface area (Å²) in [6.07, 6.45) is -0.265. The van der Waals surface area contributed by atoms with Crippen molar-refractivity contribution in [3.63, 3.8) is 0 Å². The first-order valence-electron chi connectivity index (χ1n) is 4.96. The molecular formula is C11H16N2O3. The summed E-state index contributed by atoms with van der Waals surface area (Å²) in [6.45, 7) is 0.374. The molecule has 0 aromatic heterocycles. The quantitative estimate of drug-likeness (QED) is 0.509. The Labute approximate surface area is 94.0 Å². The molecule has 1 aromatic rings. The maximum atomic E-state index is 11.2. The van der Waals surface area contributed by atoms with Crippen LogP contribution in [0.5, 0.6) is 0 Å². The van der Waals surface area contributed by atoms with Gasteiger partial charge in [0.15, 0.2) is 0 Å². The smallest absolute Gasteiger partial charge is 0.337 e. The van der Waals surface area contributed by atoms with E-state index in [-0.39, 0.29) is 0 Å². The molecule has 0 aliphatic carbocycles. The van der Waals surface area contributed by atoms with E-state index >= 15 is 0 Å². The monoisotopic (exact) mass is 224 g/mol. The number of nitrogen functional groups attached to an aromatic ring is 1. The van der Waals surface area contributed by atoms with Gasteiger partial charge in [0.25, 0.3) is 0 Å². The van der Waals surface area contributed by atoms with Crippen molar-refractivity contribution in [3.8, 4) is 0 Å². The van der Waals surface area contributed by atoms with Gasteiger partial charge in [0, 0.05) is 11.3 Å². The zero-order valence-electron chi connectivity index (χ0n) is 9.14. The Bertz CT molecular complexity index is 379. The minimum atomic E-state index is -0.698. The van der Waals surface area contributed by atoms with Crippen molar-refractivity contribution in [2.45, 2.75) is 12.5 Å². The molecule has 0 spiro atoms. The van der Waals surface area contributed by atoms with Gasteiger partial charge >= 0.3 is 5.97 Å². The summed E-state index contributed by atoms with van der Waals surface area (Å²) < 4.78 is 4.56. The highest BCUT2D eigenvalue weighted by atomic mass is 16.5. The molecule has 16 heavy (non-hydrogen) atoms. The van der Waals surface area contributed by atoms with Crippen LogP contribution in [-0.2, 0) is 4.74 Å². The minimum absolute atomic E-state index is 0.365. The van der Waals surface area contributed by atoms with E-state index in [0.717, 1.165) is 0 Å². The summed E-state index contributed by atoms with van der Waals surface area (Å²) in [7, 11) is 1.30. The Kier molecular flexibility index (Phi) is 4.28. The van der Waals surface area contributed by atoms with Crippen LogP contribution < -0.4 is 11.5 Å². The molecule has 1 aromatic carbocycles. The lowest BCUT2D eigenvalue weighted by molar-refractivity contribution is 0.0600. The number of methoxy groups -OCH3 is 1. The highest BCUT2D eigenvalue weighted by molar-refractivity contribution is 5.90.